The van der Waals surface area contributed by atoms with Crippen LogP contribution in [0.3, 0.4) is 0 Å². The summed E-state index contributed by atoms with van der Waals surface area (Å²) in [6.45, 7) is 1.97. The molecule has 1 atom stereocenters. The lowest BCUT2D eigenvalue weighted by Gasteiger charge is -2.23. The maximum Gasteiger partial charge on any atom is 0.283 e. The molecule has 0 aliphatic carbocycles. The van der Waals surface area contributed by atoms with Crippen LogP contribution in [0.15, 0.2) is 71.9 Å². The molecule has 0 fully saturated rings. The van der Waals surface area contributed by atoms with Crippen molar-refractivity contribution >= 4 is 33.4 Å². The number of rotatable bonds is 6. The SMILES string of the molecule is CCC(Nc1ncnc2[nH]ccc12)c1nc2cccc(F)c2c(=O)n1Nc1ccccc1. The highest BCUT2D eigenvalue weighted by Gasteiger charge is 2.22. The van der Waals surface area contributed by atoms with Gasteiger partial charge in [0.25, 0.3) is 5.56 Å². The van der Waals surface area contributed by atoms with Gasteiger partial charge in [-0.3, -0.25) is 10.2 Å². The summed E-state index contributed by atoms with van der Waals surface area (Å²) in [5.74, 6) is 0.422. The predicted molar refractivity (Wildman–Crippen MR) is 122 cm³/mol. The second-order valence-electron chi connectivity index (χ2n) is 7.29. The largest absolute Gasteiger partial charge is 0.359 e. The van der Waals surface area contributed by atoms with Gasteiger partial charge in [0.1, 0.15) is 29.0 Å². The molecule has 0 amide bonds. The molecule has 0 spiro atoms. The second kappa shape index (κ2) is 8.10. The number of aromatic nitrogens is 5. The van der Waals surface area contributed by atoms with E-state index < -0.39 is 11.4 Å². The first kappa shape index (κ1) is 19.7. The van der Waals surface area contributed by atoms with Gasteiger partial charge in [-0.15, -0.1) is 0 Å². The maximum atomic E-state index is 14.5. The maximum absolute atomic E-state index is 14.5. The van der Waals surface area contributed by atoms with Crippen LogP contribution in [0.5, 0.6) is 0 Å². The Balaban J connectivity index is 1.67. The average molecular weight is 429 g/mol. The number of hydrogen-bond donors (Lipinski definition) is 3. The minimum Gasteiger partial charge on any atom is -0.359 e. The molecule has 3 aromatic heterocycles. The molecule has 2 aromatic carbocycles. The van der Waals surface area contributed by atoms with Crippen LogP contribution >= 0.6 is 0 Å². The number of anilines is 2. The molecular weight excluding hydrogens is 409 g/mol. The summed E-state index contributed by atoms with van der Waals surface area (Å²) in [5.41, 5.74) is 4.25. The van der Waals surface area contributed by atoms with Gasteiger partial charge in [0.05, 0.1) is 22.6 Å². The summed E-state index contributed by atoms with van der Waals surface area (Å²) >= 11 is 0. The van der Waals surface area contributed by atoms with Gasteiger partial charge in [0.15, 0.2) is 5.82 Å². The number of nitrogens with one attached hydrogen (secondary N) is 3. The molecule has 0 saturated heterocycles. The van der Waals surface area contributed by atoms with Crippen molar-refractivity contribution in [1.82, 2.24) is 24.6 Å². The van der Waals surface area contributed by atoms with Gasteiger partial charge < -0.3 is 10.3 Å². The summed E-state index contributed by atoms with van der Waals surface area (Å²) in [6, 6.07) is 15.2. The Kier molecular flexibility index (Phi) is 4.98. The molecule has 9 heteroatoms. The number of aromatic amines is 1. The molecule has 0 aliphatic heterocycles. The highest BCUT2D eigenvalue weighted by atomic mass is 19.1. The molecule has 0 bridgehead atoms. The Bertz CT molecular complexity index is 1460. The van der Waals surface area contributed by atoms with E-state index in [0.717, 1.165) is 5.39 Å². The third-order valence-electron chi connectivity index (χ3n) is 5.27. The van der Waals surface area contributed by atoms with E-state index in [1.807, 2.05) is 43.3 Å². The summed E-state index contributed by atoms with van der Waals surface area (Å²) in [7, 11) is 0. The van der Waals surface area contributed by atoms with Gasteiger partial charge >= 0.3 is 0 Å². The molecule has 3 heterocycles. The molecule has 32 heavy (non-hydrogen) atoms. The summed E-state index contributed by atoms with van der Waals surface area (Å²) in [5, 5.41) is 4.14. The van der Waals surface area contributed by atoms with Crippen molar-refractivity contribution in [2.75, 3.05) is 10.7 Å². The fourth-order valence-corrected chi connectivity index (χ4v) is 3.69. The van der Waals surface area contributed by atoms with E-state index in [4.69, 9.17) is 0 Å². The van der Waals surface area contributed by atoms with Crippen molar-refractivity contribution < 1.29 is 4.39 Å². The van der Waals surface area contributed by atoms with Gasteiger partial charge in [-0.25, -0.2) is 24.0 Å². The number of benzene rings is 2. The summed E-state index contributed by atoms with van der Waals surface area (Å²) < 4.78 is 15.9. The van der Waals surface area contributed by atoms with Gasteiger partial charge in [-0.1, -0.05) is 31.2 Å². The smallest absolute Gasteiger partial charge is 0.283 e. The van der Waals surface area contributed by atoms with Gasteiger partial charge in [0.2, 0.25) is 0 Å². The van der Waals surface area contributed by atoms with E-state index in [0.29, 0.717) is 34.9 Å². The van der Waals surface area contributed by atoms with Crippen LogP contribution in [0.25, 0.3) is 21.9 Å². The first-order valence-corrected chi connectivity index (χ1v) is 10.2. The number of hydrogen-bond acceptors (Lipinski definition) is 6. The Morgan fingerprint density at radius 3 is 2.75 bits per heavy atom. The van der Waals surface area contributed by atoms with E-state index in [1.165, 1.54) is 17.1 Å². The van der Waals surface area contributed by atoms with Crippen LogP contribution in [0.4, 0.5) is 15.9 Å². The van der Waals surface area contributed by atoms with Crippen LogP contribution in [0.2, 0.25) is 0 Å². The first-order chi connectivity index (χ1) is 15.7. The van der Waals surface area contributed by atoms with Crippen LogP contribution in [0, 0.1) is 5.82 Å². The minimum absolute atomic E-state index is 0.0652. The highest BCUT2D eigenvalue weighted by Crippen LogP contribution is 2.26. The normalized spacial score (nSPS) is 12.2. The minimum atomic E-state index is -0.610. The van der Waals surface area contributed by atoms with Crippen LogP contribution in [-0.4, -0.2) is 24.6 Å². The lowest BCUT2D eigenvalue weighted by atomic mass is 10.1. The third kappa shape index (κ3) is 3.43. The summed E-state index contributed by atoms with van der Waals surface area (Å²) in [6.07, 6.45) is 3.85. The average Bonchev–Trinajstić information content (AvgIpc) is 3.30. The molecule has 1 unspecified atom stereocenters. The Labute approximate surface area is 182 Å². The monoisotopic (exact) mass is 429 g/mol. The zero-order valence-corrected chi connectivity index (χ0v) is 17.2. The number of halogens is 1. The van der Waals surface area contributed by atoms with E-state index in [1.54, 1.807) is 18.3 Å². The van der Waals surface area contributed by atoms with Crippen molar-refractivity contribution in [3.05, 3.63) is 89.1 Å². The lowest BCUT2D eigenvalue weighted by Crippen LogP contribution is -2.34. The predicted octanol–water partition coefficient (Wildman–Crippen LogP) is 4.25. The van der Waals surface area contributed by atoms with Crippen molar-refractivity contribution in [1.29, 1.82) is 0 Å². The number of nitrogens with zero attached hydrogens (tertiary/aromatic N) is 4. The molecule has 3 N–H and O–H groups in total. The molecule has 5 rings (SSSR count). The van der Waals surface area contributed by atoms with Crippen molar-refractivity contribution in [3.63, 3.8) is 0 Å². The zero-order valence-electron chi connectivity index (χ0n) is 17.2. The van der Waals surface area contributed by atoms with Crippen LogP contribution in [0.1, 0.15) is 25.2 Å². The van der Waals surface area contributed by atoms with Gasteiger partial charge in [-0.05, 0) is 36.8 Å². The molecule has 8 nitrogen and oxygen atoms in total. The molecule has 0 saturated carbocycles. The highest BCUT2D eigenvalue weighted by molar-refractivity contribution is 5.86. The molecule has 5 aromatic rings. The van der Waals surface area contributed by atoms with E-state index in [-0.39, 0.29) is 11.4 Å². The van der Waals surface area contributed by atoms with Crippen LogP contribution in [-0.2, 0) is 0 Å². The topological polar surface area (TPSA) is 101 Å². The molecule has 160 valence electrons. The van der Waals surface area contributed by atoms with Crippen LogP contribution < -0.4 is 16.3 Å². The standard InChI is InChI=1S/C23H20FN7O/c1-2-17(28-21-15-11-12-25-20(15)26-13-27-21)22-29-18-10-6-9-16(24)19(18)23(32)31(22)30-14-7-4-3-5-8-14/h3-13,17,30H,2H2,1H3,(H2,25,26,27,28). The quantitative estimate of drug-likeness (QED) is 0.373. The molecular formula is C23H20FN7O. The molecule has 0 aliphatic rings. The van der Waals surface area contributed by atoms with Crippen molar-refractivity contribution in [3.8, 4) is 0 Å². The van der Waals surface area contributed by atoms with E-state index in [2.05, 4.69) is 30.7 Å². The van der Waals surface area contributed by atoms with E-state index in [9.17, 15) is 9.18 Å². The van der Waals surface area contributed by atoms with Gasteiger partial charge in [-0.2, -0.15) is 0 Å². The van der Waals surface area contributed by atoms with E-state index >= 15 is 0 Å². The number of fused-ring (bicyclic) bond motifs is 2. The Hall–Kier alpha value is -4.27. The fraction of sp³-hybridized carbons (Fsp3) is 0.130. The third-order valence-corrected chi connectivity index (χ3v) is 5.27. The first-order valence-electron chi connectivity index (χ1n) is 10.2. The number of H-pyrrole nitrogens is 1. The van der Waals surface area contributed by atoms with Crippen molar-refractivity contribution in [2.45, 2.75) is 19.4 Å². The zero-order chi connectivity index (χ0) is 22.1. The number of para-hydroxylation sites is 1. The molecule has 0 radical (unpaired) electrons. The van der Waals surface area contributed by atoms with Crippen molar-refractivity contribution in [2.24, 2.45) is 0 Å². The van der Waals surface area contributed by atoms with Gasteiger partial charge in [0, 0.05) is 6.20 Å². The lowest BCUT2D eigenvalue weighted by molar-refractivity contribution is 0.622. The second-order valence-corrected chi connectivity index (χ2v) is 7.29. The summed E-state index contributed by atoms with van der Waals surface area (Å²) in [4.78, 5) is 29.7. The Morgan fingerprint density at radius 1 is 1.09 bits per heavy atom. The Morgan fingerprint density at radius 2 is 1.94 bits per heavy atom. The fourth-order valence-electron chi connectivity index (χ4n) is 3.69.